The van der Waals surface area contributed by atoms with Crippen LogP contribution in [0.15, 0.2) is 36.0 Å². The van der Waals surface area contributed by atoms with E-state index in [9.17, 15) is 4.39 Å². The Bertz CT molecular complexity index is 523. The van der Waals surface area contributed by atoms with Gasteiger partial charge in [0.2, 0.25) is 0 Å². The maximum Gasteiger partial charge on any atom is 0.170 e. The average Bonchev–Trinajstić information content (AvgIpc) is 2.81. The van der Waals surface area contributed by atoms with E-state index in [0.29, 0.717) is 5.56 Å². The predicted molar refractivity (Wildman–Crippen MR) is 53.8 cm³/mol. The molecule has 0 radical (unpaired) electrons. The molecule has 0 aliphatic rings. The van der Waals surface area contributed by atoms with Gasteiger partial charge in [0.05, 0.1) is 0 Å². The van der Waals surface area contributed by atoms with Gasteiger partial charge >= 0.3 is 0 Å². The largest absolute Gasteiger partial charge is 0.409 e. The molecule has 0 spiro atoms. The standard InChI is InChI=1S/C9H8FN5O/c10-7-3-6(9(11)14-16)1-2-8(7)15-5-12-4-13-15/h1-5,16H,(H2,11,14). The van der Waals surface area contributed by atoms with E-state index in [1.807, 2.05) is 0 Å². The molecular weight excluding hydrogens is 213 g/mol. The first kappa shape index (κ1) is 10.1. The van der Waals surface area contributed by atoms with Gasteiger partial charge in [-0.3, -0.25) is 0 Å². The predicted octanol–water partition coefficient (Wildman–Crippen LogP) is 0.501. The fourth-order valence-corrected chi connectivity index (χ4v) is 1.24. The first-order chi connectivity index (χ1) is 7.72. The number of aromatic nitrogens is 3. The molecule has 0 amide bonds. The van der Waals surface area contributed by atoms with Crippen LogP contribution in [0.2, 0.25) is 0 Å². The van der Waals surface area contributed by atoms with Crippen LogP contribution in [0, 0.1) is 5.82 Å². The molecule has 0 saturated heterocycles. The molecule has 82 valence electrons. The number of nitrogens with two attached hydrogens (primary N) is 1. The third-order valence-electron chi connectivity index (χ3n) is 2.02. The minimum absolute atomic E-state index is 0.149. The third kappa shape index (κ3) is 1.70. The van der Waals surface area contributed by atoms with Crippen molar-refractivity contribution >= 4 is 5.84 Å². The molecule has 1 aromatic carbocycles. The van der Waals surface area contributed by atoms with E-state index < -0.39 is 5.82 Å². The smallest absolute Gasteiger partial charge is 0.170 e. The van der Waals surface area contributed by atoms with Crippen LogP contribution in [0.5, 0.6) is 0 Å². The number of amidine groups is 1. The van der Waals surface area contributed by atoms with Crippen molar-refractivity contribution in [3.63, 3.8) is 0 Å². The summed E-state index contributed by atoms with van der Waals surface area (Å²) in [6.45, 7) is 0. The first-order valence-electron chi connectivity index (χ1n) is 4.35. The van der Waals surface area contributed by atoms with Crippen LogP contribution >= 0.6 is 0 Å². The molecule has 0 aliphatic carbocycles. The fourth-order valence-electron chi connectivity index (χ4n) is 1.24. The van der Waals surface area contributed by atoms with Crippen LogP contribution in [0.1, 0.15) is 5.56 Å². The van der Waals surface area contributed by atoms with Gasteiger partial charge in [0.25, 0.3) is 0 Å². The van der Waals surface area contributed by atoms with Crippen LogP contribution in [-0.4, -0.2) is 25.8 Å². The van der Waals surface area contributed by atoms with E-state index in [1.54, 1.807) is 0 Å². The molecule has 6 nitrogen and oxygen atoms in total. The summed E-state index contributed by atoms with van der Waals surface area (Å²) in [5.74, 6) is -0.682. The van der Waals surface area contributed by atoms with Crippen molar-refractivity contribution in [2.75, 3.05) is 0 Å². The molecule has 16 heavy (non-hydrogen) atoms. The van der Waals surface area contributed by atoms with Gasteiger partial charge in [-0.15, -0.1) is 0 Å². The van der Waals surface area contributed by atoms with E-state index in [-0.39, 0.29) is 11.5 Å². The Morgan fingerprint density at radius 2 is 2.31 bits per heavy atom. The number of nitrogens with zero attached hydrogens (tertiary/aromatic N) is 4. The highest BCUT2D eigenvalue weighted by molar-refractivity contribution is 5.97. The van der Waals surface area contributed by atoms with Gasteiger partial charge in [-0.2, -0.15) is 5.10 Å². The molecule has 2 aromatic rings. The monoisotopic (exact) mass is 221 g/mol. The summed E-state index contributed by atoms with van der Waals surface area (Å²) in [6, 6.07) is 4.15. The van der Waals surface area contributed by atoms with E-state index in [0.717, 1.165) is 6.07 Å². The van der Waals surface area contributed by atoms with Crippen LogP contribution < -0.4 is 5.73 Å². The summed E-state index contributed by atoms with van der Waals surface area (Å²) >= 11 is 0. The summed E-state index contributed by atoms with van der Waals surface area (Å²) in [6.07, 6.45) is 2.68. The molecule has 0 unspecified atom stereocenters. The van der Waals surface area contributed by atoms with E-state index in [2.05, 4.69) is 15.2 Å². The molecule has 3 N–H and O–H groups in total. The number of rotatable bonds is 2. The topological polar surface area (TPSA) is 89.3 Å². The van der Waals surface area contributed by atoms with Crippen molar-refractivity contribution < 1.29 is 9.60 Å². The summed E-state index contributed by atoms with van der Waals surface area (Å²) in [4.78, 5) is 3.71. The van der Waals surface area contributed by atoms with Crippen LogP contribution in [0.4, 0.5) is 4.39 Å². The van der Waals surface area contributed by atoms with Crippen LogP contribution in [0.3, 0.4) is 0 Å². The summed E-state index contributed by atoms with van der Waals surface area (Å²) in [5.41, 5.74) is 5.87. The van der Waals surface area contributed by atoms with Gasteiger partial charge in [0, 0.05) is 5.56 Å². The van der Waals surface area contributed by atoms with Crippen LogP contribution in [-0.2, 0) is 0 Å². The Kier molecular flexibility index (Phi) is 2.50. The quantitative estimate of drug-likeness (QED) is 0.334. The van der Waals surface area contributed by atoms with Crippen molar-refractivity contribution in [2.24, 2.45) is 10.9 Å². The molecule has 1 heterocycles. The second kappa shape index (κ2) is 3.97. The molecule has 0 aliphatic heterocycles. The zero-order chi connectivity index (χ0) is 11.5. The van der Waals surface area contributed by atoms with Crippen molar-refractivity contribution in [2.45, 2.75) is 0 Å². The Balaban J connectivity index is 2.45. The van der Waals surface area contributed by atoms with E-state index in [4.69, 9.17) is 10.9 Å². The van der Waals surface area contributed by atoms with Gasteiger partial charge in [0.1, 0.15) is 24.2 Å². The number of hydrogen-bond acceptors (Lipinski definition) is 4. The maximum absolute atomic E-state index is 13.6. The molecule has 7 heteroatoms. The lowest BCUT2D eigenvalue weighted by Gasteiger charge is -2.04. The third-order valence-corrected chi connectivity index (χ3v) is 2.02. The normalized spacial score (nSPS) is 11.7. The molecule has 0 atom stereocenters. The molecule has 0 saturated carbocycles. The summed E-state index contributed by atoms with van der Waals surface area (Å²) in [5, 5.41) is 15.0. The second-order valence-corrected chi connectivity index (χ2v) is 2.99. The Morgan fingerprint density at radius 3 is 2.88 bits per heavy atom. The minimum atomic E-state index is -0.533. The molecule has 0 fully saturated rings. The summed E-state index contributed by atoms with van der Waals surface area (Å²) in [7, 11) is 0. The minimum Gasteiger partial charge on any atom is -0.409 e. The van der Waals surface area contributed by atoms with Crippen LogP contribution in [0.25, 0.3) is 5.69 Å². The van der Waals surface area contributed by atoms with Crippen molar-refractivity contribution in [3.05, 3.63) is 42.2 Å². The zero-order valence-corrected chi connectivity index (χ0v) is 8.08. The number of halogens is 1. The van der Waals surface area contributed by atoms with Crippen molar-refractivity contribution in [1.82, 2.24) is 14.8 Å². The van der Waals surface area contributed by atoms with Gasteiger partial charge in [-0.05, 0) is 18.2 Å². The zero-order valence-electron chi connectivity index (χ0n) is 8.08. The Labute approximate surface area is 89.8 Å². The lowest BCUT2D eigenvalue weighted by atomic mass is 10.2. The fraction of sp³-hybridized carbons (Fsp3) is 0. The lowest BCUT2D eigenvalue weighted by molar-refractivity contribution is 0.318. The van der Waals surface area contributed by atoms with Crippen molar-refractivity contribution in [3.8, 4) is 5.69 Å². The Hall–Kier alpha value is -2.44. The highest BCUT2D eigenvalue weighted by Crippen LogP contribution is 2.13. The van der Waals surface area contributed by atoms with E-state index in [1.165, 1.54) is 29.5 Å². The molecule has 2 rings (SSSR count). The Morgan fingerprint density at radius 1 is 1.50 bits per heavy atom. The van der Waals surface area contributed by atoms with Gasteiger partial charge in [0.15, 0.2) is 5.84 Å². The second-order valence-electron chi connectivity index (χ2n) is 2.99. The highest BCUT2D eigenvalue weighted by atomic mass is 19.1. The SMILES string of the molecule is N/C(=N\O)c1ccc(-n2cncn2)c(F)c1. The van der Waals surface area contributed by atoms with Gasteiger partial charge in [-0.25, -0.2) is 14.1 Å². The van der Waals surface area contributed by atoms with Gasteiger partial charge < -0.3 is 10.9 Å². The van der Waals surface area contributed by atoms with Crippen molar-refractivity contribution in [1.29, 1.82) is 0 Å². The summed E-state index contributed by atoms with van der Waals surface area (Å²) < 4.78 is 14.9. The maximum atomic E-state index is 13.6. The van der Waals surface area contributed by atoms with E-state index >= 15 is 0 Å². The number of hydrogen-bond donors (Lipinski definition) is 2. The number of oxime groups is 1. The average molecular weight is 221 g/mol. The molecular formula is C9H8FN5O. The molecule has 0 bridgehead atoms. The number of benzene rings is 1. The molecule has 1 aromatic heterocycles. The lowest BCUT2D eigenvalue weighted by Crippen LogP contribution is -2.13. The highest BCUT2D eigenvalue weighted by Gasteiger charge is 2.08. The first-order valence-corrected chi connectivity index (χ1v) is 4.35. The van der Waals surface area contributed by atoms with Gasteiger partial charge in [-0.1, -0.05) is 5.16 Å².